The molecule has 0 aliphatic carbocycles. The number of nitrogens with zero attached hydrogens (tertiary/aromatic N) is 2. The summed E-state index contributed by atoms with van der Waals surface area (Å²) in [5, 5.41) is 4.86. The third kappa shape index (κ3) is 3.06. The maximum atomic E-state index is 8.49. The van der Waals surface area contributed by atoms with Crippen LogP contribution in [0.5, 0.6) is 0 Å². The first kappa shape index (κ1) is 14.8. The lowest BCUT2D eigenvalue weighted by Gasteiger charge is -2.17. The number of para-hydroxylation sites is 1. The molecule has 0 bridgehead atoms. The molecule has 0 atom stereocenters. The SMILES string of the molecule is C1=CC[n+]2ccc3c(c2=C1)=c1ccccc1=N3.[O-][Cl+3]([O-])([O-])[O-]. The molecule has 0 saturated carbocycles. The minimum Gasteiger partial charge on any atom is -0.247 e. The Hall–Kier alpha value is -2.09. The number of fused-ring (bicyclic) bond motifs is 4. The molecular weight excluding hydrogens is 308 g/mol. The fraction of sp³-hybridized carbons (Fsp3) is 0.0667. The van der Waals surface area contributed by atoms with E-state index in [1.807, 2.05) is 6.07 Å². The average molecular weight is 319 g/mol. The fourth-order valence-electron chi connectivity index (χ4n) is 2.55. The first-order valence-corrected chi connectivity index (χ1v) is 7.66. The molecular formula is C15H11ClN2O4. The van der Waals surface area contributed by atoms with Gasteiger partial charge in [-0.25, -0.2) is 23.6 Å². The summed E-state index contributed by atoms with van der Waals surface area (Å²) in [6.45, 7) is 0.946. The highest BCUT2D eigenvalue weighted by Crippen LogP contribution is 2.13. The molecule has 0 N–H and O–H groups in total. The molecule has 2 aliphatic heterocycles. The lowest BCUT2D eigenvalue weighted by Crippen LogP contribution is -2.68. The van der Waals surface area contributed by atoms with Gasteiger partial charge in [0.15, 0.2) is 12.7 Å². The Morgan fingerprint density at radius 3 is 2.55 bits per heavy atom. The van der Waals surface area contributed by atoms with Crippen LogP contribution in [0.15, 0.2) is 53.7 Å². The predicted octanol–water partition coefficient (Wildman–Crippen LogP) is -3.88. The molecule has 0 unspecified atom stereocenters. The van der Waals surface area contributed by atoms with Gasteiger partial charge in [0, 0.05) is 17.4 Å². The zero-order valence-electron chi connectivity index (χ0n) is 11.3. The highest BCUT2D eigenvalue weighted by Gasteiger charge is 2.13. The number of aromatic nitrogens is 1. The summed E-state index contributed by atoms with van der Waals surface area (Å²) in [7, 11) is -4.94. The largest absolute Gasteiger partial charge is 0.247 e. The van der Waals surface area contributed by atoms with Gasteiger partial charge in [0.05, 0.1) is 16.3 Å². The van der Waals surface area contributed by atoms with Gasteiger partial charge in [-0.3, -0.25) is 0 Å². The number of rotatable bonds is 0. The Morgan fingerprint density at radius 1 is 1.05 bits per heavy atom. The summed E-state index contributed by atoms with van der Waals surface area (Å²) in [5.41, 5.74) is 1.09. The molecule has 1 aromatic heterocycles. The highest BCUT2D eigenvalue weighted by atomic mass is 35.7. The van der Waals surface area contributed by atoms with Crippen molar-refractivity contribution in [2.75, 3.05) is 0 Å². The second-order valence-electron chi connectivity index (χ2n) is 4.72. The maximum Gasteiger partial charge on any atom is 0.215 e. The zero-order chi connectivity index (χ0) is 15.7. The minimum atomic E-state index is -4.94. The molecule has 6 nitrogen and oxygen atoms in total. The molecule has 0 spiro atoms. The van der Waals surface area contributed by atoms with Crippen LogP contribution in [0.1, 0.15) is 0 Å². The Bertz CT molecular complexity index is 959. The van der Waals surface area contributed by atoms with Gasteiger partial charge < -0.3 is 0 Å². The van der Waals surface area contributed by atoms with Gasteiger partial charge in [0.25, 0.3) is 0 Å². The van der Waals surface area contributed by atoms with Gasteiger partial charge in [-0.2, -0.15) is 4.57 Å². The molecule has 22 heavy (non-hydrogen) atoms. The van der Waals surface area contributed by atoms with Crippen LogP contribution >= 0.6 is 0 Å². The number of hydrogen-bond acceptors (Lipinski definition) is 5. The highest BCUT2D eigenvalue weighted by molar-refractivity contribution is 5.46. The van der Waals surface area contributed by atoms with Crippen molar-refractivity contribution >= 4 is 11.8 Å². The van der Waals surface area contributed by atoms with Crippen LogP contribution in [-0.4, -0.2) is 0 Å². The maximum absolute atomic E-state index is 8.49. The standard InChI is InChI=1S/C15H11N2.ClHO4/c1-2-6-12-11(5-1)15-13(16-12)8-10-17-9-4-3-7-14(15)17;2-1(3,4)5/h1-8,10H,9H2;(H,2,3,4,5)/q+1;/p-1. The van der Waals surface area contributed by atoms with E-state index in [4.69, 9.17) is 18.6 Å². The summed E-state index contributed by atoms with van der Waals surface area (Å²) in [6.07, 6.45) is 8.57. The van der Waals surface area contributed by atoms with E-state index in [-0.39, 0.29) is 0 Å². The van der Waals surface area contributed by atoms with Crippen molar-refractivity contribution in [1.82, 2.24) is 0 Å². The second kappa shape index (κ2) is 5.60. The third-order valence-corrected chi connectivity index (χ3v) is 3.34. The van der Waals surface area contributed by atoms with E-state index in [0.29, 0.717) is 0 Å². The predicted molar refractivity (Wildman–Crippen MR) is 64.8 cm³/mol. The molecule has 0 fully saturated rings. The van der Waals surface area contributed by atoms with Gasteiger partial charge in [0.2, 0.25) is 5.35 Å². The molecule has 2 aromatic rings. The lowest BCUT2D eigenvalue weighted by molar-refractivity contribution is -2.00. The van der Waals surface area contributed by atoms with E-state index in [1.54, 1.807) is 0 Å². The molecule has 2 aliphatic rings. The van der Waals surface area contributed by atoms with Crippen LogP contribution in [0.2, 0.25) is 0 Å². The van der Waals surface area contributed by atoms with Crippen LogP contribution in [0.4, 0.5) is 5.69 Å². The lowest BCUT2D eigenvalue weighted by atomic mass is 10.2. The van der Waals surface area contributed by atoms with Crippen molar-refractivity contribution in [3.8, 4) is 0 Å². The van der Waals surface area contributed by atoms with Crippen LogP contribution in [-0.2, 0) is 6.54 Å². The van der Waals surface area contributed by atoms with E-state index in [0.717, 1.165) is 17.6 Å². The molecule has 0 amide bonds. The number of allylic oxidation sites excluding steroid dienone is 2. The zero-order valence-corrected chi connectivity index (χ0v) is 12.1. The van der Waals surface area contributed by atoms with Crippen molar-refractivity contribution in [3.05, 3.63) is 69.8 Å². The normalized spacial score (nSPS) is 13.8. The van der Waals surface area contributed by atoms with Crippen LogP contribution in [0, 0.1) is 20.7 Å². The van der Waals surface area contributed by atoms with Crippen molar-refractivity contribution in [2.24, 2.45) is 4.99 Å². The Kier molecular flexibility index (Phi) is 3.78. The van der Waals surface area contributed by atoms with E-state index < -0.39 is 10.2 Å². The van der Waals surface area contributed by atoms with Crippen LogP contribution in [0.25, 0.3) is 6.08 Å². The molecule has 3 heterocycles. The van der Waals surface area contributed by atoms with Crippen molar-refractivity contribution in [3.63, 3.8) is 0 Å². The minimum absolute atomic E-state index is 0.946. The first-order valence-electron chi connectivity index (χ1n) is 6.43. The smallest absolute Gasteiger partial charge is 0.215 e. The summed E-state index contributed by atoms with van der Waals surface area (Å²) in [6, 6.07) is 10.4. The Balaban J connectivity index is 0.000000254. The molecule has 7 heteroatoms. The van der Waals surface area contributed by atoms with Crippen LogP contribution < -0.4 is 33.9 Å². The summed E-state index contributed by atoms with van der Waals surface area (Å²) >= 11 is 0. The summed E-state index contributed by atoms with van der Waals surface area (Å²) in [5.74, 6) is 0. The first-order chi connectivity index (χ1) is 10.4. The summed E-state index contributed by atoms with van der Waals surface area (Å²) < 4.78 is 36.2. The Morgan fingerprint density at radius 2 is 1.77 bits per heavy atom. The summed E-state index contributed by atoms with van der Waals surface area (Å²) in [4.78, 5) is 4.67. The molecule has 4 rings (SSSR count). The van der Waals surface area contributed by atoms with Crippen molar-refractivity contribution in [1.29, 1.82) is 0 Å². The molecule has 0 radical (unpaired) electrons. The van der Waals surface area contributed by atoms with E-state index in [1.165, 1.54) is 15.8 Å². The third-order valence-electron chi connectivity index (χ3n) is 3.34. The quantitative estimate of drug-likeness (QED) is 0.395. The van der Waals surface area contributed by atoms with E-state index >= 15 is 0 Å². The number of pyridine rings is 1. The number of halogens is 1. The van der Waals surface area contributed by atoms with Gasteiger partial charge >= 0.3 is 0 Å². The van der Waals surface area contributed by atoms with Gasteiger partial charge in [-0.15, -0.1) is 10.2 Å². The van der Waals surface area contributed by atoms with Crippen molar-refractivity contribution in [2.45, 2.75) is 6.54 Å². The van der Waals surface area contributed by atoms with Gasteiger partial charge in [-0.1, -0.05) is 24.3 Å². The fourth-order valence-corrected chi connectivity index (χ4v) is 2.55. The molecule has 112 valence electrons. The molecule has 0 saturated heterocycles. The Labute approximate surface area is 127 Å². The van der Waals surface area contributed by atoms with Crippen LogP contribution in [0.3, 0.4) is 0 Å². The molecule has 1 aromatic carbocycles. The number of hydrogen-bond donors (Lipinski definition) is 0. The second-order valence-corrected chi connectivity index (χ2v) is 5.47. The monoisotopic (exact) mass is 318 g/mol. The average Bonchev–Trinajstić information content (AvgIpc) is 2.84. The van der Waals surface area contributed by atoms with Gasteiger partial charge in [0.1, 0.15) is 0 Å². The van der Waals surface area contributed by atoms with Gasteiger partial charge in [-0.05, 0) is 12.1 Å². The van der Waals surface area contributed by atoms with E-state index in [2.05, 4.69) is 58.2 Å². The van der Waals surface area contributed by atoms with Crippen molar-refractivity contribution < 1.29 is 33.4 Å². The topological polar surface area (TPSA) is 108 Å². The number of benzene rings is 1. The van der Waals surface area contributed by atoms with E-state index in [9.17, 15) is 0 Å².